The third-order valence-corrected chi connectivity index (χ3v) is 4.18. The van der Waals surface area contributed by atoms with Gasteiger partial charge >= 0.3 is 0 Å². The molecular weight excluding hydrogens is 292 g/mol. The molecule has 0 amide bonds. The van der Waals surface area contributed by atoms with Gasteiger partial charge in [0.25, 0.3) is 0 Å². The number of halogens is 1. The molecule has 0 aromatic heterocycles. The van der Waals surface area contributed by atoms with Crippen LogP contribution in [0.2, 0.25) is 0 Å². The van der Waals surface area contributed by atoms with Crippen LogP contribution in [0.4, 0.5) is 5.69 Å². The van der Waals surface area contributed by atoms with E-state index in [1.165, 1.54) is 6.07 Å². The molecule has 1 rings (SSSR count). The summed E-state index contributed by atoms with van der Waals surface area (Å²) in [6, 6.07) is 3.05. The van der Waals surface area contributed by atoms with E-state index < -0.39 is 10.0 Å². The van der Waals surface area contributed by atoms with Crippen LogP contribution in [0.3, 0.4) is 0 Å². The summed E-state index contributed by atoms with van der Waals surface area (Å²) in [5, 5.41) is 0. The predicted molar refractivity (Wildman–Crippen MR) is 67.3 cm³/mol. The molecule has 3 N–H and O–H groups in total. The smallest absolute Gasteiger partial charge is 0.241 e. The maximum absolute atomic E-state index is 11.8. The summed E-state index contributed by atoms with van der Waals surface area (Å²) in [5.41, 5.74) is 6.61. The van der Waals surface area contributed by atoms with Gasteiger partial charge in [0.05, 0.1) is 11.4 Å². The van der Waals surface area contributed by atoms with Gasteiger partial charge in [0, 0.05) is 10.2 Å². The lowest BCUT2D eigenvalue weighted by Crippen LogP contribution is -2.24. The normalized spacial score (nSPS) is 11.1. The number of rotatable bonds is 3. The Morgan fingerprint density at radius 1 is 1.56 bits per heavy atom. The third-order valence-electron chi connectivity index (χ3n) is 1.95. The number of sulfonamides is 1. The van der Waals surface area contributed by atoms with E-state index in [2.05, 4.69) is 26.6 Å². The average Bonchev–Trinajstić information content (AvgIpc) is 2.20. The second kappa shape index (κ2) is 4.87. The Morgan fingerprint density at radius 3 is 2.75 bits per heavy atom. The number of nitrogens with one attached hydrogen (secondary N) is 1. The third kappa shape index (κ3) is 2.76. The molecule has 0 bridgehead atoms. The second-order valence-electron chi connectivity index (χ2n) is 3.17. The summed E-state index contributed by atoms with van der Waals surface area (Å²) in [7, 11) is -3.59. The minimum atomic E-state index is -3.59. The molecule has 1 aromatic rings. The number of aryl methyl sites for hydroxylation is 1. The highest BCUT2D eigenvalue weighted by atomic mass is 79.9. The van der Waals surface area contributed by atoms with Crippen LogP contribution in [-0.2, 0) is 10.0 Å². The zero-order valence-corrected chi connectivity index (χ0v) is 11.0. The molecule has 0 saturated heterocycles. The molecule has 0 unspecified atom stereocenters. The highest BCUT2D eigenvalue weighted by Gasteiger charge is 2.17. The number of terminal acetylenes is 1. The van der Waals surface area contributed by atoms with Gasteiger partial charge in [0.1, 0.15) is 0 Å². The number of hydrogen-bond donors (Lipinski definition) is 2. The van der Waals surface area contributed by atoms with Gasteiger partial charge in [-0.05, 0) is 40.5 Å². The number of anilines is 1. The van der Waals surface area contributed by atoms with E-state index in [0.29, 0.717) is 15.7 Å². The van der Waals surface area contributed by atoms with Crippen LogP contribution < -0.4 is 10.5 Å². The predicted octanol–water partition coefficient (Wildman–Crippen LogP) is 1.25. The minimum Gasteiger partial charge on any atom is -0.398 e. The fourth-order valence-corrected chi connectivity index (χ4v) is 2.82. The quantitative estimate of drug-likeness (QED) is 0.652. The molecule has 1 aromatic carbocycles. The SMILES string of the molecule is C#CCNS(=O)(=O)c1cc(N)c(Br)cc1C. The highest BCUT2D eigenvalue weighted by molar-refractivity contribution is 9.10. The van der Waals surface area contributed by atoms with Gasteiger partial charge in [0.2, 0.25) is 10.0 Å². The van der Waals surface area contributed by atoms with Crippen LogP contribution in [0, 0.1) is 19.3 Å². The molecule has 0 fully saturated rings. The lowest BCUT2D eigenvalue weighted by atomic mass is 10.2. The zero-order valence-electron chi connectivity index (χ0n) is 8.62. The van der Waals surface area contributed by atoms with Crippen LogP contribution in [0.15, 0.2) is 21.5 Å². The van der Waals surface area contributed by atoms with Crippen LogP contribution in [0.1, 0.15) is 5.56 Å². The average molecular weight is 303 g/mol. The molecule has 0 aliphatic heterocycles. The Kier molecular flexibility index (Phi) is 3.97. The summed E-state index contributed by atoms with van der Waals surface area (Å²) in [6.45, 7) is 1.65. The molecule has 4 nitrogen and oxygen atoms in total. The Morgan fingerprint density at radius 2 is 2.19 bits per heavy atom. The van der Waals surface area contributed by atoms with Gasteiger partial charge in [0.15, 0.2) is 0 Å². The van der Waals surface area contributed by atoms with E-state index in [1.54, 1.807) is 13.0 Å². The van der Waals surface area contributed by atoms with Crippen LogP contribution >= 0.6 is 15.9 Å². The summed E-state index contributed by atoms with van der Waals surface area (Å²) in [6.07, 6.45) is 5.00. The molecule has 16 heavy (non-hydrogen) atoms. The van der Waals surface area contributed by atoms with E-state index in [9.17, 15) is 8.42 Å². The van der Waals surface area contributed by atoms with Crippen molar-refractivity contribution < 1.29 is 8.42 Å². The molecular formula is C10H11BrN2O2S. The van der Waals surface area contributed by atoms with Gasteiger partial charge in [-0.3, -0.25) is 0 Å². The Bertz CT molecular complexity index is 547. The Balaban J connectivity index is 3.24. The maximum atomic E-state index is 11.8. The van der Waals surface area contributed by atoms with Crippen molar-refractivity contribution in [3.63, 3.8) is 0 Å². The minimum absolute atomic E-state index is 0.0439. The number of nitrogen functional groups attached to an aromatic ring is 1. The van der Waals surface area contributed by atoms with Crippen molar-refractivity contribution in [3.05, 3.63) is 22.2 Å². The second-order valence-corrected chi connectivity index (χ2v) is 5.76. The lowest BCUT2D eigenvalue weighted by molar-refractivity contribution is 0.585. The first-order chi connectivity index (χ1) is 7.38. The van der Waals surface area contributed by atoms with E-state index in [0.717, 1.165) is 0 Å². The van der Waals surface area contributed by atoms with Crippen molar-refractivity contribution in [2.24, 2.45) is 0 Å². The number of benzene rings is 1. The molecule has 0 aliphatic carbocycles. The van der Waals surface area contributed by atoms with Crippen LogP contribution in [-0.4, -0.2) is 15.0 Å². The van der Waals surface area contributed by atoms with Gasteiger partial charge in [-0.1, -0.05) is 5.92 Å². The van der Waals surface area contributed by atoms with Crippen molar-refractivity contribution in [3.8, 4) is 12.3 Å². The first-order valence-electron chi connectivity index (χ1n) is 4.37. The molecule has 0 atom stereocenters. The van der Waals surface area contributed by atoms with Gasteiger partial charge in [-0.2, -0.15) is 4.72 Å². The largest absolute Gasteiger partial charge is 0.398 e. The number of nitrogens with two attached hydrogens (primary N) is 1. The Labute approximate surface area is 103 Å². The summed E-state index contributed by atoms with van der Waals surface area (Å²) in [5.74, 6) is 2.21. The molecule has 0 radical (unpaired) electrons. The van der Waals surface area contributed by atoms with Gasteiger partial charge in [-0.25, -0.2) is 8.42 Å². The standard InChI is InChI=1S/C10H11BrN2O2S/c1-3-4-13-16(14,15)10-6-9(12)8(11)5-7(10)2/h1,5-6,13H,4,12H2,2H3. The molecule has 86 valence electrons. The fourth-order valence-electron chi connectivity index (χ4n) is 1.17. The zero-order chi connectivity index (χ0) is 12.3. The first-order valence-corrected chi connectivity index (χ1v) is 6.65. The molecule has 0 heterocycles. The van der Waals surface area contributed by atoms with E-state index in [4.69, 9.17) is 12.2 Å². The highest BCUT2D eigenvalue weighted by Crippen LogP contribution is 2.26. The molecule has 0 aliphatic rings. The van der Waals surface area contributed by atoms with E-state index in [1.807, 2.05) is 0 Å². The molecule has 0 saturated carbocycles. The number of hydrogen-bond acceptors (Lipinski definition) is 3. The van der Waals surface area contributed by atoms with Gasteiger partial charge in [-0.15, -0.1) is 6.42 Å². The fraction of sp³-hybridized carbons (Fsp3) is 0.200. The van der Waals surface area contributed by atoms with Crippen molar-refractivity contribution in [1.82, 2.24) is 4.72 Å². The van der Waals surface area contributed by atoms with Crippen LogP contribution in [0.5, 0.6) is 0 Å². The summed E-state index contributed by atoms with van der Waals surface area (Å²) in [4.78, 5) is 0.142. The monoisotopic (exact) mass is 302 g/mol. The first kappa shape index (κ1) is 13.0. The van der Waals surface area contributed by atoms with Crippen molar-refractivity contribution in [2.75, 3.05) is 12.3 Å². The molecule has 0 spiro atoms. The maximum Gasteiger partial charge on any atom is 0.241 e. The summed E-state index contributed by atoms with van der Waals surface area (Å²) < 4.78 is 26.5. The topological polar surface area (TPSA) is 72.2 Å². The van der Waals surface area contributed by atoms with Crippen molar-refractivity contribution >= 4 is 31.6 Å². The van der Waals surface area contributed by atoms with Crippen LogP contribution in [0.25, 0.3) is 0 Å². The van der Waals surface area contributed by atoms with Gasteiger partial charge < -0.3 is 5.73 Å². The molecule has 6 heteroatoms. The van der Waals surface area contributed by atoms with E-state index in [-0.39, 0.29) is 11.4 Å². The van der Waals surface area contributed by atoms with E-state index >= 15 is 0 Å². The summed E-state index contributed by atoms with van der Waals surface area (Å²) >= 11 is 3.23. The van der Waals surface area contributed by atoms with Crippen molar-refractivity contribution in [1.29, 1.82) is 0 Å². The Hall–Kier alpha value is -1.03. The lowest BCUT2D eigenvalue weighted by Gasteiger charge is -2.09. The van der Waals surface area contributed by atoms with Crippen molar-refractivity contribution in [2.45, 2.75) is 11.8 Å².